The molecule has 1 aromatic rings. The van der Waals surface area contributed by atoms with Crippen LogP contribution in [-0.2, 0) is 6.54 Å². The third-order valence-electron chi connectivity index (χ3n) is 2.34. The van der Waals surface area contributed by atoms with Crippen molar-refractivity contribution in [3.05, 3.63) is 16.1 Å². The molecule has 0 aliphatic rings. The zero-order valence-corrected chi connectivity index (χ0v) is 9.99. The maximum atomic E-state index is 4.22. The Balaban J connectivity index is 2.02. The number of nitrogens with one attached hydrogen (secondary N) is 1. The summed E-state index contributed by atoms with van der Waals surface area (Å²) in [5, 5.41) is 3.46. The fourth-order valence-electron chi connectivity index (χ4n) is 1.37. The molecule has 0 radical (unpaired) electrons. The van der Waals surface area contributed by atoms with Crippen molar-refractivity contribution in [3.63, 3.8) is 0 Å². The van der Waals surface area contributed by atoms with Gasteiger partial charge in [0, 0.05) is 11.4 Å². The molecular weight excluding hydrogens is 192 g/mol. The van der Waals surface area contributed by atoms with Crippen molar-refractivity contribution in [2.45, 2.75) is 46.1 Å². The van der Waals surface area contributed by atoms with Crippen LogP contribution in [-0.4, -0.2) is 11.5 Å². The van der Waals surface area contributed by atoms with E-state index in [0.717, 1.165) is 13.1 Å². The second-order valence-electron chi connectivity index (χ2n) is 3.60. The number of nitrogens with zero attached hydrogens (tertiary/aromatic N) is 1. The van der Waals surface area contributed by atoms with Gasteiger partial charge in [-0.3, -0.25) is 0 Å². The van der Waals surface area contributed by atoms with Crippen LogP contribution in [0.1, 0.15) is 43.2 Å². The molecule has 80 valence electrons. The van der Waals surface area contributed by atoms with Crippen molar-refractivity contribution >= 4 is 11.3 Å². The average molecular weight is 212 g/mol. The van der Waals surface area contributed by atoms with E-state index in [4.69, 9.17) is 0 Å². The number of hydrogen-bond acceptors (Lipinski definition) is 3. The number of rotatable bonds is 7. The molecule has 0 atom stereocenters. The normalized spacial score (nSPS) is 10.7. The molecule has 14 heavy (non-hydrogen) atoms. The van der Waals surface area contributed by atoms with Crippen molar-refractivity contribution in [1.82, 2.24) is 10.3 Å². The fourth-order valence-corrected chi connectivity index (χ4v) is 2.12. The van der Waals surface area contributed by atoms with E-state index in [9.17, 15) is 0 Å². The van der Waals surface area contributed by atoms with Gasteiger partial charge in [-0.05, 0) is 19.9 Å². The highest BCUT2D eigenvalue weighted by atomic mass is 32.1. The standard InChI is InChI=1S/C11H20N2S/c1-3-4-5-6-7-12-8-11-10(2)13-9-14-11/h9,12H,3-8H2,1-2H3. The first-order valence-corrected chi connectivity index (χ1v) is 6.32. The van der Waals surface area contributed by atoms with Crippen LogP contribution in [0.3, 0.4) is 0 Å². The van der Waals surface area contributed by atoms with E-state index in [-0.39, 0.29) is 0 Å². The van der Waals surface area contributed by atoms with E-state index < -0.39 is 0 Å². The molecule has 0 unspecified atom stereocenters. The predicted octanol–water partition coefficient (Wildman–Crippen LogP) is 3.12. The summed E-state index contributed by atoms with van der Waals surface area (Å²) in [4.78, 5) is 5.60. The summed E-state index contributed by atoms with van der Waals surface area (Å²) in [7, 11) is 0. The van der Waals surface area contributed by atoms with Crippen molar-refractivity contribution < 1.29 is 0 Å². The van der Waals surface area contributed by atoms with Gasteiger partial charge in [0.1, 0.15) is 0 Å². The molecule has 1 aromatic heterocycles. The lowest BCUT2D eigenvalue weighted by atomic mass is 10.2. The van der Waals surface area contributed by atoms with Crippen LogP contribution >= 0.6 is 11.3 Å². The molecule has 0 aliphatic carbocycles. The fraction of sp³-hybridized carbons (Fsp3) is 0.727. The molecule has 3 heteroatoms. The minimum absolute atomic E-state index is 0.989. The van der Waals surface area contributed by atoms with E-state index in [1.807, 2.05) is 5.51 Å². The largest absolute Gasteiger partial charge is 0.312 e. The minimum Gasteiger partial charge on any atom is -0.312 e. The maximum absolute atomic E-state index is 4.22. The van der Waals surface area contributed by atoms with Crippen molar-refractivity contribution in [2.24, 2.45) is 0 Å². The molecule has 0 saturated heterocycles. The van der Waals surface area contributed by atoms with E-state index in [1.165, 1.54) is 36.3 Å². The molecule has 0 fully saturated rings. The third kappa shape index (κ3) is 4.20. The van der Waals surface area contributed by atoms with Gasteiger partial charge in [0.05, 0.1) is 11.2 Å². The highest BCUT2D eigenvalue weighted by molar-refractivity contribution is 7.09. The molecule has 0 spiro atoms. The Hall–Kier alpha value is -0.410. The van der Waals surface area contributed by atoms with E-state index in [1.54, 1.807) is 11.3 Å². The van der Waals surface area contributed by atoms with Gasteiger partial charge < -0.3 is 5.32 Å². The lowest BCUT2D eigenvalue weighted by Gasteiger charge is -2.02. The Labute approximate surface area is 90.8 Å². The molecule has 0 bridgehead atoms. The molecule has 0 amide bonds. The highest BCUT2D eigenvalue weighted by Gasteiger charge is 1.99. The zero-order valence-electron chi connectivity index (χ0n) is 9.18. The number of thiazole rings is 1. The van der Waals surface area contributed by atoms with E-state index in [2.05, 4.69) is 24.1 Å². The van der Waals surface area contributed by atoms with Gasteiger partial charge in [-0.2, -0.15) is 0 Å². The molecule has 1 heterocycles. The van der Waals surface area contributed by atoms with Gasteiger partial charge in [-0.25, -0.2) is 4.98 Å². The van der Waals surface area contributed by atoms with Crippen LogP contribution in [0.15, 0.2) is 5.51 Å². The Kier molecular flexibility index (Phi) is 5.80. The Morgan fingerprint density at radius 2 is 2.21 bits per heavy atom. The van der Waals surface area contributed by atoms with Gasteiger partial charge in [0.2, 0.25) is 0 Å². The SMILES string of the molecule is CCCCCCNCc1scnc1C. The summed E-state index contributed by atoms with van der Waals surface area (Å²) in [6.45, 7) is 6.44. The minimum atomic E-state index is 0.989. The van der Waals surface area contributed by atoms with Gasteiger partial charge in [-0.1, -0.05) is 26.2 Å². The lowest BCUT2D eigenvalue weighted by molar-refractivity contribution is 0.599. The maximum Gasteiger partial charge on any atom is 0.0798 e. The molecular formula is C11H20N2S. The van der Waals surface area contributed by atoms with Gasteiger partial charge >= 0.3 is 0 Å². The summed E-state index contributed by atoms with van der Waals surface area (Å²) < 4.78 is 0. The topological polar surface area (TPSA) is 24.9 Å². The summed E-state index contributed by atoms with van der Waals surface area (Å²) in [5.74, 6) is 0. The van der Waals surface area contributed by atoms with E-state index in [0.29, 0.717) is 0 Å². The van der Waals surface area contributed by atoms with Crippen LogP contribution in [0.5, 0.6) is 0 Å². The Morgan fingerprint density at radius 3 is 2.86 bits per heavy atom. The Bertz CT molecular complexity index is 245. The molecule has 0 aliphatic heterocycles. The molecule has 1 rings (SSSR count). The Morgan fingerprint density at radius 1 is 1.36 bits per heavy atom. The summed E-state index contributed by atoms with van der Waals surface area (Å²) in [6, 6.07) is 0. The zero-order chi connectivity index (χ0) is 10.2. The first-order valence-electron chi connectivity index (χ1n) is 5.44. The summed E-state index contributed by atoms with van der Waals surface area (Å²) >= 11 is 1.74. The van der Waals surface area contributed by atoms with Crippen LogP contribution in [0.4, 0.5) is 0 Å². The first kappa shape index (κ1) is 11.7. The van der Waals surface area contributed by atoms with Gasteiger partial charge in [-0.15, -0.1) is 11.3 Å². The first-order chi connectivity index (χ1) is 6.84. The smallest absolute Gasteiger partial charge is 0.0798 e. The van der Waals surface area contributed by atoms with Crippen LogP contribution in [0.25, 0.3) is 0 Å². The van der Waals surface area contributed by atoms with Crippen LogP contribution in [0.2, 0.25) is 0 Å². The predicted molar refractivity (Wildman–Crippen MR) is 62.7 cm³/mol. The molecule has 0 aromatic carbocycles. The average Bonchev–Trinajstić information content (AvgIpc) is 2.58. The molecule has 0 saturated carbocycles. The highest BCUT2D eigenvalue weighted by Crippen LogP contribution is 2.11. The van der Waals surface area contributed by atoms with E-state index >= 15 is 0 Å². The third-order valence-corrected chi connectivity index (χ3v) is 3.27. The van der Waals surface area contributed by atoms with Gasteiger partial charge in [0.25, 0.3) is 0 Å². The van der Waals surface area contributed by atoms with Gasteiger partial charge in [0.15, 0.2) is 0 Å². The molecule has 1 N–H and O–H groups in total. The number of aryl methyl sites for hydroxylation is 1. The monoisotopic (exact) mass is 212 g/mol. The van der Waals surface area contributed by atoms with Crippen LogP contribution < -0.4 is 5.32 Å². The lowest BCUT2D eigenvalue weighted by Crippen LogP contribution is -2.14. The number of aromatic nitrogens is 1. The van der Waals surface area contributed by atoms with Crippen molar-refractivity contribution in [2.75, 3.05) is 6.54 Å². The summed E-state index contributed by atoms with van der Waals surface area (Å²) in [5.41, 5.74) is 3.10. The van der Waals surface area contributed by atoms with Crippen molar-refractivity contribution in [1.29, 1.82) is 0 Å². The molecule has 2 nitrogen and oxygen atoms in total. The quantitative estimate of drug-likeness (QED) is 0.702. The van der Waals surface area contributed by atoms with Crippen molar-refractivity contribution in [3.8, 4) is 0 Å². The summed E-state index contributed by atoms with van der Waals surface area (Å²) in [6.07, 6.45) is 5.33. The number of hydrogen-bond donors (Lipinski definition) is 1. The second-order valence-corrected chi connectivity index (χ2v) is 4.54. The van der Waals surface area contributed by atoms with Crippen LogP contribution in [0, 0.1) is 6.92 Å². The number of unbranched alkanes of at least 4 members (excludes halogenated alkanes) is 3. The second kappa shape index (κ2) is 6.96.